The number of hydrogen-bond acceptors (Lipinski definition) is 3. The van der Waals surface area contributed by atoms with Gasteiger partial charge in [-0.05, 0) is 24.0 Å². The van der Waals surface area contributed by atoms with Gasteiger partial charge in [0.25, 0.3) is 0 Å². The molecular formula is C9H11NO2S. The van der Waals surface area contributed by atoms with Gasteiger partial charge < -0.3 is 10.8 Å². The molecule has 1 rings (SSSR count). The van der Waals surface area contributed by atoms with Crippen LogP contribution in [0, 0.1) is 0 Å². The van der Waals surface area contributed by atoms with Crippen molar-refractivity contribution in [3.8, 4) is 0 Å². The number of carboxylic acids is 1. The predicted octanol–water partition coefficient (Wildman–Crippen LogP) is 1.49. The number of carbonyl (C=O) groups is 1. The molecule has 1 aromatic rings. The first-order valence-electron chi connectivity index (χ1n) is 3.77. The lowest BCUT2D eigenvalue weighted by molar-refractivity contribution is -0.138. The fourth-order valence-corrected chi connectivity index (χ4v) is 1.36. The summed E-state index contributed by atoms with van der Waals surface area (Å²) in [7, 11) is 0. The van der Waals surface area contributed by atoms with E-state index < -0.39 is 12.0 Å². The van der Waals surface area contributed by atoms with Crippen molar-refractivity contribution >= 4 is 17.7 Å². The molecule has 0 amide bonds. The maximum atomic E-state index is 10.5. The molecule has 0 fully saturated rings. The van der Waals surface area contributed by atoms with Crippen molar-refractivity contribution in [2.45, 2.75) is 10.9 Å². The Bertz CT molecular complexity index is 297. The van der Waals surface area contributed by atoms with Gasteiger partial charge in [-0.3, -0.25) is 4.79 Å². The molecule has 0 heterocycles. The first kappa shape index (κ1) is 10.1. The summed E-state index contributed by atoms with van der Waals surface area (Å²) in [6.07, 6.45) is 1.96. The summed E-state index contributed by atoms with van der Waals surface area (Å²) in [5.41, 5.74) is 6.05. The van der Waals surface area contributed by atoms with E-state index in [1.807, 2.05) is 18.4 Å². The van der Waals surface area contributed by atoms with Gasteiger partial charge >= 0.3 is 5.97 Å². The zero-order chi connectivity index (χ0) is 9.84. The number of aliphatic carboxylic acids is 1. The van der Waals surface area contributed by atoms with E-state index in [0.29, 0.717) is 5.56 Å². The smallest absolute Gasteiger partial charge is 0.325 e. The Morgan fingerprint density at radius 1 is 1.46 bits per heavy atom. The Kier molecular flexibility index (Phi) is 3.33. The van der Waals surface area contributed by atoms with Crippen molar-refractivity contribution in [2.75, 3.05) is 6.26 Å². The highest BCUT2D eigenvalue weighted by Gasteiger charge is 2.13. The van der Waals surface area contributed by atoms with Gasteiger partial charge in [0.2, 0.25) is 0 Å². The molecule has 1 aromatic carbocycles. The van der Waals surface area contributed by atoms with Crippen molar-refractivity contribution in [1.29, 1.82) is 0 Å². The third-order valence-electron chi connectivity index (χ3n) is 1.74. The first-order chi connectivity index (χ1) is 6.15. The average molecular weight is 197 g/mol. The average Bonchev–Trinajstić information content (AvgIpc) is 2.17. The molecule has 0 spiro atoms. The van der Waals surface area contributed by atoms with Crippen LogP contribution in [0.4, 0.5) is 0 Å². The lowest BCUT2D eigenvalue weighted by atomic mass is 10.1. The van der Waals surface area contributed by atoms with Gasteiger partial charge in [-0.2, -0.15) is 0 Å². The van der Waals surface area contributed by atoms with Gasteiger partial charge in [0, 0.05) is 4.90 Å². The van der Waals surface area contributed by atoms with Crippen molar-refractivity contribution in [3.63, 3.8) is 0 Å². The number of rotatable bonds is 3. The molecule has 0 saturated carbocycles. The zero-order valence-corrected chi connectivity index (χ0v) is 8.04. The molecule has 0 aromatic heterocycles. The molecule has 0 aliphatic carbocycles. The van der Waals surface area contributed by atoms with E-state index in [1.165, 1.54) is 0 Å². The summed E-state index contributed by atoms with van der Waals surface area (Å²) in [6.45, 7) is 0. The summed E-state index contributed by atoms with van der Waals surface area (Å²) in [5, 5.41) is 8.63. The second-order valence-electron chi connectivity index (χ2n) is 2.59. The molecule has 1 atom stereocenters. The number of carboxylic acid groups (broad SMARTS) is 1. The molecular weight excluding hydrogens is 186 g/mol. The van der Waals surface area contributed by atoms with Gasteiger partial charge in [-0.1, -0.05) is 12.1 Å². The summed E-state index contributed by atoms with van der Waals surface area (Å²) >= 11 is 1.61. The van der Waals surface area contributed by atoms with E-state index in [-0.39, 0.29) is 0 Å². The van der Waals surface area contributed by atoms with E-state index in [2.05, 4.69) is 0 Å². The minimum atomic E-state index is -1.00. The highest BCUT2D eigenvalue weighted by molar-refractivity contribution is 7.98. The maximum Gasteiger partial charge on any atom is 0.325 e. The Morgan fingerprint density at radius 2 is 2.00 bits per heavy atom. The van der Waals surface area contributed by atoms with Crippen LogP contribution < -0.4 is 5.73 Å². The lowest BCUT2D eigenvalue weighted by Crippen LogP contribution is -2.20. The molecule has 4 heteroatoms. The van der Waals surface area contributed by atoms with Gasteiger partial charge in [0.1, 0.15) is 6.04 Å². The van der Waals surface area contributed by atoms with Crippen LogP contribution in [-0.2, 0) is 4.79 Å². The number of benzene rings is 1. The number of hydrogen-bond donors (Lipinski definition) is 2. The topological polar surface area (TPSA) is 63.3 Å². The third-order valence-corrected chi connectivity index (χ3v) is 2.48. The van der Waals surface area contributed by atoms with Gasteiger partial charge in [-0.25, -0.2) is 0 Å². The largest absolute Gasteiger partial charge is 0.480 e. The van der Waals surface area contributed by atoms with Gasteiger partial charge in [0.15, 0.2) is 0 Å². The fraction of sp³-hybridized carbons (Fsp3) is 0.222. The molecule has 0 aliphatic heterocycles. The van der Waals surface area contributed by atoms with Crippen molar-refractivity contribution < 1.29 is 9.90 Å². The summed E-state index contributed by atoms with van der Waals surface area (Å²) in [6, 6.07) is 6.29. The Balaban J connectivity index is 2.85. The molecule has 3 nitrogen and oxygen atoms in total. The third kappa shape index (κ3) is 2.47. The Labute approximate surface area is 80.9 Å². The first-order valence-corrected chi connectivity index (χ1v) is 5.00. The Hall–Kier alpha value is -1.00. The molecule has 0 radical (unpaired) electrons. The molecule has 3 N–H and O–H groups in total. The van der Waals surface area contributed by atoms with E-state index in [9.17, 15) is 4.79 Å². The summed E-state index contributed by atoms with van der Waals surface area (Å²) in [5.74, 6) is -1.00. The minimum absolute atomic E-state index is 0.630. The van der Waals surface area contributed by atoms with Gasteiger partial charge in [0.05, 0.1) is 0 Å². The van der Waals surface area contributed by atoms with E-state index >= 15 is 0 Å². The van der Waals surface area contributed by atoms with E-state index in [4.69, 9.17) is 10.8 Å². The van der Waals surface area contributed by atoms with E-state index in [0.717, 1.165) is 4.90 Å². The second kappa shape index (κ2) is 4.30. The monoisotopic (exact) mass is 197 g/mol. The number of nitrogens with two attached hydrogens (primary N) is 1. The predicted molar refractivity (Wildman–Crippen MR) is 52.8 cm³/mol. The fourth-order valence-electron chi connectivity index (χ4n) is 0.954. The number of thioether (sulfide) groups is 1. The molecule has 0 saturated heterocycles. The minimum Gasteiger partial charge on any atom is -0.480 e. The lowest BCUT2D eigenvalue weighted by Gasteiger charge is -2.06. The SMILES string of the molecule is CSc1ccc(C(N)C(=O)O)cc1. The highest BCUT2D eigenvalue weighted by atomic mass is 32.2. The molecule has 1 unspecified atom stereocenters. The standard InChI is InChI=1S/C9H11NO2S/c1-13-7-4-2-6(3-5-7)8(10)9(11)12/h2-5,8H,10H2,1H3,(H,11,12). The quantitative estimate of drug-likeness (QED) is 0.721. The molecule has 13 heavy (non-hydrogen) atoms. The van der Waals surface area contributed by atoms with Crippen LogP contribution in [0.2, 0.25) is 0 Å². The normalized spacial score (nSPS) is 12.5. The van der Waals surface area contributed by atoms with Gasteiger partial charge in [-0.15, -0.1) is 11.8 Å². The van der Waals surface area contributed by atoms with Crippen molar-refractivity contribution in [1.82, 2.24) is 0 Å². The molecule has 0 bridgehead atoms. The van der Waals surface area contributed by atoms with Crippen molar-refractivity contribution in [3.05, 3.63) is 29.8 Å². The van der Waals surface area contributed by atoms with Crippen LogP contribution in [0.5, 0.6) is 0 Å². The van der Waals surface area contributed by atoms with Crippen LogP contribution in [0.3, 0.4) is 0 Å². The van der Waals surface area contributed by atoms with E-state index in [1.54, 1.807) is 23.9 Å². The summed E-state index contributed by atoms with van der Waals surface area (Å²) in [4.78, 5) is 11.6. The van der Waals surface area contributed by atoms with Crippen LogP contribution in [0.25, 0.3) is 0 Å². The van der Waals surface area contributed by atoms with Crippen LogP contribution in [-0.4, -0.2) is 17.3 Å². The van der Waals surface area contributed by atoms with Crippen LogP contribution >= 0.6 is 11.8 Å². The molecule has 70 valence electrons. The second-order valence-corrected chi connectivity index (χ2v) is 3.47. The highest BCUT2D eigenvalue weighted by Crippen LogP contribution is 2.17. The van der Waals surface area contributed by atoms with Crippen LogP contribution in [0.1, 0.15) is 11.6 Å². The Morgan fingerprint density at radius 3 is 2.38 bits per heavy atom. The molecule has 0 aliphatic rings. The van der Waals surface area contributed by atoms with Crippen molar-refractivity contribution in [2.24, 2.45) is 5.73 Å². The summed E-state index contributed by atoms with van der Waals surface area (Å²) < 4.78 is 0. The zero-order valence-electron chi connectivity index (χ0n) is 7.23. The van der Waals surface area contributed by atoms with Crippen LogP contribution in [0.15, 0.2) is 29.2 Å². The maximum absolute atomic E-state index is 10.5.